The molecule has 0 unspecified atom stereocenters. The fourth-order valence-electron chi connectivity index (χ4n) is 3.64. The van der Waals surface area contributed by atoms with Crippen LogP contribution in [0.25, 0.3) is 0 Å². The molecule has 5 nitrogen and oxygen atoms in total. The predicted molar refractivity (Wildman–Crippen MR) is 106 cm³/mol. The Morgan fingerprint density at radius 1 is 1.07 bits per heavy atom. The van der Waals surface area contributed by atoms with E-state index < -0.39 is 15.9 Å². The van der Waals surface area contributed by atoms with Gasteiger partial charge in [0, 0.05) is 19.2 Å². The van der Waals surface area contributed by atoms with E-state index in [1.165, 1.54) is 18.0 Å². The monoisotopic (exact) mass is 427 g/mol. The molecule has 2 aromatic rings. The van der Waals surface area contributed by atoms with Crippen LogP contribution in [0.5, 0.6) is 0 Å². The Hall–Kier alpha value is -1.76. The van der Waals surface area contributed by atoms with Gasteiger partial charge in [0.1, 0.15) is 0 Å². The van der Waals surface area contributed by atoms with Crippen LogP contribution < -0.4 is 0 Å². The van der Waals surface area contributed by atoms with Crippen molar-refractivity contribution in [3.05, 3.63) is 63.1 Å². The second-order valence-electron chi connectivity index (χ2n) is 6.78. The number of carboxylic acid groups (broad SMARTS) is 1. The van der Waals surface area contributed by atoms with Crippen LogP contribution in [0.3, 0.4) is 0 Å². The van der Waals surface area contributed by atoms with Crippen LogP contribution in [0.4, 0.5) is 4.79 Å². The Bertz CT molecular complexity index is 1010. The molecule has 144 valence electrons. The molecular weight excluding hydrogens is 409 g/mol. The van der Waals surface area contributed by atoms with Crippen molar-refractivity contribution >= 4 is 39.1 Å². The van der Waals surface area contributed by atoms with E-state index >= 15 is 0 Å². The first kappa shape index (κ1) is 20.0. The van der Waals surface area contributed by atoms with Gasteiger partial charge in [-0.2, -0.15) is 0 Å². The first-order chi connectivity index (χ1) is 12.6. The number of hydrogen-bond acceptors (Lipinski definition) is 3. The van der Waals surface area contributed by atoms with Gasteiger partial charge in [0.15, 0.2) is 9.84 Å². The van der Waals surface area contributed by atoms with Crippen LogP contribution in [-0.4, -0.2) is 37.8 Å². The summed E-state index contributed by atoms with van der Waals surface area (Å²) in [5, 5.41) is 10.3. The second kappa shape index (κ2) is 7.34. The highest BCUT2D eigenvalue weighted by molar-refractivity contribution is 7.90. The van der Waals surface area contributed by atoms with Gasteiger partial charge < -0.3 is 10.0 Å². The normalized spacial score (nSPS) is 19.4. The molecule has 0 radical (unpaired) electrons. The lowest BCUT2D eigenvalue weighted by molar-refractivity contribution is 0.132. The number of halogens is 2. The molecule has 2 aromatic carbocycles. The smallest absolute Gasteiger partial charge is 0.407 e. The molecule has 0 saturated carbocycles. The zero-order chi connectivity index (χ0) is 19.9. The predicted octanol–water partition coefficient (Wildman–Crippen LogP) is 4.97. The topological polar surface area (TPSA) is 74.7 Å². The molecule has 0 aromatic heterocycles. The van der Waals surface area contributed by atoms with E-state index in [9.17, 15) is 18.3 Å². The number of amides is 1. The van der Waals surface area contributed by atoms with E-state index in [2.05, 4.69) is 0 Å². The van der Waals surface area contributed by atoms with Gasteiger partial charge in [-0.1, -0.05) is 35.3 Å². The minimum Gasteiger partial charge on any atom is -0.465 e. The number of benzene rings is 2. The van der Waals surface area contributed by atoms with Crippen LogP contribution in [0.1, 0.15) is 41.5 Å². The maximum atomic E-state index is 12.0. The molecule has 1 aliphatic carbocycles. The maximum absolute atomic E-state index is 12.0. The standard InChI is InChI=1S/C19H19Cl2NO4S/c1-22(19(23)24)18-8-6-13(11-3-7-16(20)17(21)9-11)15-10-12(27(2,25)26)4-5-14(15)18/h3-5,7,9-10,13,18H,6,8H2,1-2H3,(H,23,24)/t13-,18-/m0/s1. The van der Waals surface area contributed by atoms with Crippen molar-refractivity contribution in [2.24, 2.45) is 0 Å². The Morgan fingerprint density at radius 3 is 2.37 bits per heavy atom. The molecule has 27 heavy (non-hydrogen) atoms. The zero-order valence-electron chi connectivity index (χ0n) is 14.8. The molecule has 0 spiro atoms. The van der Waals surface area contributed by atoms with Gasteiger partial charge in [-0.3, -0.25) is 0 Å². The van der Waals surface area contributed by atoms with Crippen molar-refractivity contribution in [1.82, 2.24) is 4.90 Å². The minimum absolute atomic E-state index is 0.0880. The number of sulfone groups is 1. The lowest BCUT2D eigenvalue weighted by Gasteiger charge is -2.36. The Balaban J connectivity index is 2.17. The summed E-state index contributed by atoms with van der Waals surface area (Å²) >= 11 is 12.2. The summed E-state index contributed by atoms with van der Waals surface area (Å²) < 4.78 is 24.1. The first-order valence-electron chi connectivity index (χ1n) is 8.34. The third-order valence-corrected chi connectivity index (χ3v) is 6.91. The van der Waals surface area contributed by atoms with E-state index in [0.29, 0.717) is 22.9 Å². The molecule has 3 rings (SSSR count). The number of carbonyl (C=O) groups is 1. The average molecular weight is 428 g/mol. The van der Waals surface area contributed by atoms with E-state index in [-0.39, 0.29) is 16.9 Å². The molecule has 2 atom stereocenters. The first-order valence-corrected chi connectivity index (χ1v) is 11.0. The summed E-state index contributed by atoms with van der Waals surface area (Å²) in [6.45, 7) is 0. The van der Waals surface area contributed by atoms with E-state index in [4.69, 9.17) is 23.2 Å². The zero-order valence-corrected chi connectivity index (χ0v) is 17.1. The molecule has 1 amide bonds. The van der Waals surface area contributed by atoms with Gasteiger partial charge in [0.2, 0.25) is 0 Å². The van der Waals surface area contributed by atoms with Crippen LogP contribution in [0, 0.1) is 0 Å². The van der Waals surface area contributed by atoms with Gasteiger partial charge in [-0.25, -0.2) is 13.2 Å². The molecule has 0 fully saturated rings. The quantitative estimate of drug-likeness (QED) is 0.749. The third-order valence-electron chi connectivity index (χ3n) is 5.06. The van der Waals surface area contributed by atoms with Crippen molar-refractivity contribution in [3.8, 4) is 0 Å². The number of hydrogen-bond donors (Lipinski definition) is 1. The lowest BCUT2D eigenvalue weighted by atomic mass is 9.76. The minimum atomic E-state index is -3.39. The van der Waals surface area contributed by atoms with Crippen LogP contribution in [-0.2, 0) is 9.84 Å². The van der Waals surface area contributed by atoms with Gasteiger partial charge in [-0.15, -0.1) is 0 Å². The summed E-state index contributed by atoms with van der Waals surface area (Å²) in [5.41, 5.74) is 2.54. The molecule has 0 heterocycles. The fraction of sp³-hybridized carbons (Fsp3) is 0.316. The molecule has 0 bridgehead atoms. The molecular formula is C19H19Cl2NO4S. The van der Waals surface area contributed by atoms with Crippen molar-refractivity contribution in [2.75, 3.05) is 13.3 Å². The van der Waals surface area contributed by atoms with Crippen molar-refractivity contribution in [3.63, 3.8) is 0 Å². The summed E-state index contributed by atoms with van der Waals surface area (Å²) in [4.78, 5) is 12.9. The summed E-state index contributed by atoms with van der Waals surface area (Å²) in [6, 6.07) is 9.95. The SMILES string of the molecule is CN(C(=O)O)[C@H]1CC[C@@H](c2ccc(Cl)c(Cl)c2)c2cc(S(C)(=O)=O)ccc21. The van der Waals surface area contributed by atoms with Crippen molar-refractivity contribution < 1.29 is 18.3 Å². The molecule has 0 saturated heterocycles. The Morgan fingerprint density at radius 2 is 1.78 bits per heavy atom. The fourth-order valence-corrected chi connectivity index (χ4v) is 4.60. The van der Waals surface area contributed by atoms with Crippen LogP contribution in [0.2, 0.25) is 10.0 Å². The summed E-state index contributed by atoms with van der Waals surface area (Å²) in [7, 11) is -1.86. The highest BCUT2D eigenvalue weighted by Gasteiger charge is 2.33. The molecule has 1 aliphatic rings. The Kier molecular flexibility index (Phi) is 5.43. The number of nitrogens with zero attached hydrogens (tertiary/aromatic N) is 1. The van der Waals surface area contributed by atoms with Crippen molar-refractivity contribution in [1.29, 1.82) is 0 Å². The van der Waals surface area contributed by atoms with Gasteiger partial charge in [0.25, 0.3) is 0 Å². The second-order valence-corrected chi connectivity index (χ2v) is 9.61. The molecule has 1 N–H and O–H groups in total. The molecule has 8 heteroatoms. The molecule has 0 aliphatic heterocycles. The lowest BCUT2D eigenvalue weighted by Crippen LogP contribution is -2.33. The average Bonchev–Trinajstić information content (AvgIpc) is 2.61. The van der Waals surface area contributed by atoms with Crippen molar-refractivity contribution in [2.45, 2.75) is 29.7 Å². The van der Waals surface area contributed by atoms with Crippen LogP contribution >= 0.6 is 23.2 Å². The van der Waals surface area contributed by atoms with Gasteiger partial charge in [-0.05, 0) is 53.8 Å². The van der Waals surface area contributed by atoms with Crippen LogP contribution in [0.15, 0.2) is 41.3 Å². The highest BCUT2D eigenvalue weighted by Crippen LogP contribution is 2.45. The Labute approximate surface area is 168 Å². The highest BCUT2D eigenvalue weighted by atomic mass is 35.5. The summed E-state index contributed by atoms with van der Waals surface area (Å²) in [5.74, 6) is -0.0880. The van der Waals surface area contributed by atoms with Gasteiger partial charge >= 0.3 is 6.09 Å². The van der Waals surface area contributed by atoms with E-state index in [1.807, 2.05) is 6.07 Å². The van der Waals surface area contributed by atoms with Gasteiger partial charge in [0.05, 0.1) is 21.0 Å². The maximum Gasteiger partial charge on any atom is 0.407 e. The van der Waals surface area contributed by atoms with E-state index in [0.717, 1.165) is 22.9 Å². The number of rotatable bonds is 3. The number of fused-ring (bicyclic) bond motifs is 1. The largest absolute Gasteiger partial charge is 0.465 e. The van der Waals surface area contributed by atoms with E-state index in [1.54, 1.807) is 24.3 Å². The summed E-state index contributed by atoms with van der Waals surface area (Å²) in [6.07, 6.45) is 1.43. The third kappa shape index (κ3) is 3.93.